The number of nitrogens with zero attached hydrogens (tertiary/aromatic N) is 7. The molecule has 17 nitrogen and oxygen atoms in total. The molecule has 0 aliphatic carbocycles. The number of ether oxygens (including phenoxy) is 5. The molecule has 2 aromatic rings. The molecule has 0 saturated carbocycles. The van der Waals surface area contributed by atoms with Crippen LogP contribution in [0.25, 0.3) is 11.1 Å². The number of rotatable bonds is 10. The lowest BCUT2D eigenvalue weighted by Crippen LogP contribution is -2.54. The molecule has 0 unspecified atom stereocenters. The van der Waals surface area contributed by atoms with Crippen molar-refractivity contribution in [2.45, 2.75) is 78.4 Å². The van der Waals surface area contributed by atoms with Crippen LogP contribution < -0.4 is 0 Å². The highest BCUT2D eigenvalue weighted by atomic mass is 35.5. The van der Waals surface area contributed by atoms with E-state index in [-0.39, 0.29) is 16.5 Å². The Labute approximate surface area is 238 Å². The highest BCUT2D eigenvalue weighted by Gasteiger charge is 2.47. The summed E-state index contributed by atoms with van der Waals surface area (Å²) in [4.78, 5) is 60.1. The molecule has 3 rings (SSSR count). The Morgan fingerprint density at radius 1 is 0.927 bits per heavy atom. The number of tetrazole rings is 1. The van der Waals surface area contributed by atoms with Crippen LogP contribution in [0, 0.1) is 0 Å². The second kappa shape index (κ2) is 12.4. The number of halogens is 1. The summed E-state index contributed by atoms with van der Waals surface area (Å²) in [5.41, 5.74) is 4.42. The first kappa shape index (κ1) is 31.1. The van der Waals surface area contributed by atoms with E-state index in [9.17, 15) is 24.0 Å². The van der Waals surface area contributed by atoms with Crippen LogP contribution in [0.5, 0.6) is 0 Å². The third-order valence-electron chi connectivity index (χ3n) is 5.66. The predicted molar refractivity (Wildman–Crippen MR) is 135 cm³/mol. The predicted octanol–water partition coefficient (Wildman–Crippen LogP) is 0.715. The normalized spacial score (nSPS) is 17.4. The third kappa shape index (κ3) is 7.22. The molecule has 0 spiro atoms. The zero-order chi connectivity index (χ0) is 30.6. The lowest BCUT2D eigenvalue weighted by molar-refractivity contribution is -0.551. The highest BCUT2D eigenvalue weighted by Crippen LogP contribution is 2.48. The molecular weight excluding hydrogens is 570 g/mol. The molecule has 0 bridgehead atoms. The van der Waals surface area contributed by atoms with Gasteiger partial charge in [0.05, 0.1) is 5.56 Å². The first-order valence-corrected chi connectivity index (χ1v) is 12.5. The lowest BCUT2D eigenvalue weighted by atomic mass is 9.96. The fourth-order valence-corrected chi connectivity index (χ4v) is 4.35. The number of carbonyl (C=O) groups is 5. The van der Waals surface area contributed by atoms with Gasteiger partial charge in [0.15, 0.2) is 30.1 Å². The van der Waals surface area contributed by atoms with Gasteiger partial charge in [0, 0.05) is 48.5 Å². The van der Waals surface area contributed by atoms with Crippen molar-refractivity contribution in [1.29, 1.82) is 0 Å². The second-order valence-corrected chi connectivity index (χ2v) is 9.69. The zero-order valence-electron chi connectivity index (χ0n) is 23.2. The molecule has 0 saturated heterocycles. The Balaban J connectivity index is 2.17. The minimum Gasteiger partial charge on any atom is -0.462 e. The fourth-order valence-electron chi connectivity index (χ4n) is 4.14. The lowest BCUT2D eigenvalue weighted by Gasteiger charge is -2.34. The van der Waals surface area contributed by atoms with Gasteiger partial charge in [-0.3, -0.25) is 28.7 Å². The standard InChI is InChI=1S/C23H28ClN7O10/c1-10(32)37-9-16(39-12(3)34)20(41-14(5)36)19(40-13(4)35)15(38-11(2)33)8-30-23(6,7)17-18(26-30)21(24)27-31-22(17)25-28-29-31/h8,15-16,19-20H,9H2,1-7H3/b30-8+/t15-,16+,19+,20-/m0/s1. The number of esters is 5. The van der Waals surface area contributed by atoms with E-state index in [0.29, 0.717) is 5.56 Å². The van der Waals surface area contributed by atoms with Crippen LogP contribution in [0.4, 0.5) is 5.69 Å². The van der Waals surface area contributed by atoms with Crippen LogP contribution in [0.3, 0.4) is 0 Å². The average Bonchev–Trinajstić information content (AvgIpc) is 3.39. The topological polar surface area (TPSA) is 205 Å². The quantitative estimate of drug-likeness (QED) is 0.210. The molecule has 41 heavy (non-hydrogen) atoms. The molecule has 0 fully saturated rings. The summed E-state index contributed by atoms with van der Waals surface area (Å²) in [6.45, 7) is 8.30. The fraction of sp³-hybridized carbons (Fsp3) is 0.565. The first-order valence-electron chi connectivity index (χ1n) is 12.1. The Hall–Kier alpha value is -4.41. The summed E-state index contributed by atoms with van der Waals surface area (Å²) in [5.74, 6) is -4.10. The van der Waals surface area contributed by atoms with Crippen molar-refractivity contribution < 1.29 is 52.3 Å². The molecule has 0 aromatic carbocycles. The minimum atomic E-state index is -1.63. The summed E-state index contributed by atoms with van der Waals surface area (Å²) in [7, 11) is 0. The number of carbonyl (C=O) groups excluding carboxylic acids is 5. The molecule has 4 atom stereocenters. The Kier molecular flexibility index (Phi) is 9.42. The van der Waals surface area contributed by atoms with Crippen molar-refractivity contribution >= 4 is 59.0 Å². The monoisotopic (exact) mass is 597 g/mol. The number of hydrogen-bond donors (Lipinski definition) is 0. The molecule has 3 heterocycles. The summed E-state index contributed by atoms with van der Waals surface area (Å²) < 4.78 is 29.2. The van der Waals surface area contributed by atoms with Gasteiger partial charge in [0.1, 0.15) is 11.8 Å². The second-order valence-electron chi connectivity index (χ2n) is 9.33. The number of aromatic nitrogens is 5. The molecule has 0 amide bonds. The van der Waals surface area contributed by atoms with Crippen molar-refractivity contribution in [2.75, 3.05) is 6.61 Å². The van der Waals surface area contributed by atoms with Gasteiger partial charge in [-0.15, -0.1) is 14.8 Å². The van der Waals surface area contributed by atoms with Gasteiger partial charge in [-0.2, -0.15) is 0 Å². The molecular formula is C23H28ClN7O10. The zero-order valence-corrected chi connectivity index (χ0v) is 23.9. The SMILES string of the molecule is CC(=O)OC[C@@H](OC(C)=O)[C@H](OC(C)=O)[C@H](OC(C)=O)[C@H](/C=[N+]1/[N-]c2c(Cl)nn3nnnc3c2C1(C)C)OC(C)=O. The van der Waals surface area contributed by atoms with Gasteiger partial charge in [-0.25, -0.2) is 0 Å². The Morgan fingerprint density at radius 2 is 1.51 bits per heavy atom. The van der Waals surface area contributed by atoms with Crippen molar-refractivity contribution in [3.63, 3.8) is 0 Å². The maximum atomic E-state index is 12.3. The van der Waals surface area contributed by atoms with E-state index in [4.69, 9.17) is 35.3 Å². The van der Waals surface area contributed by atoms with E-state index in [1.165, 1.54) is 10.9 Å². The van der Waals surface area contributed by atoms with Gasteiger partial charge in [-0.1, -0.05) is 11.6 Å². The van der Waals surface area contributed by atoms with Gasteiger partial charge in [0.25, 0.3) is 0 Å². The van der Waals surface area contributed by atoms with E-state index in [1.54, 1.807) is 13.8 Å². The van der Waals surface area contributed by atoms with Crippen molar-refractivity contribution in [3.05, 3.63) is 16.1 Å². The maximum absolute atomic E-state index is 12.3. The summed E-state index contributed by atoms with van der Waals surface area (Å²) in [5, 5.41) is 15.4. The van der Waals surface area contributed by atoms with Crippen molar-refractivity contribution in [1.82, 2.24) is 25.3 Å². The number of hydrogen-bond acceptors (Lipinski definition) is 14. The molecule has 222 valence electrons. The van der Waals surface area contributed by atoms with E-state index in [0.717, 1.165) is 39.2 Å². The van der Waals surface area contributed by atoms with Crippen molar-refractivity contribution in [2.24, 2.45) is 0 Å². The van der Waals surface area contributed by atoms with Crippen LogP contribution in [0.1, 0.15) is 54.0 Å². The molecule has 0 radical (unpaired) electrons. The van der Waals surface area contributed by atoms with E-state index in [1.807, 2.05) is 0 Å². The Bertz CT molecular complexity index is 1410. The Morgan fingerprint density at radius 3 is 2.07 bits per heavy atom. The van der Waals surface area contributed by atoms with E-state index in [2.05, 4.69) is 26.0 Å². The maximum Gasteiger partial charge on any atom is 0.303 e. The third-order valence-corrected chi connectivity index (χ3v) is 5.92. The van der Waals surface area contributed by atoms with E-state index >= 15 is 0 Å². The van der Waals surface area contributed by atoms with Crippen LogP contribution in [-0.4, -0.2) is 97.0 Å². The van der Waals surface area contributed by atoms with E-state index < -0.39 is 66.4 Å². The molecule has 18 heteroatoms. The van der Waals surface area contributed by atoms with Gasteiger partial charge < -0.3 is 29.1 Å². The average molecular weight is 598 g/mol. The van der Waals surface area contributed by atoms with Crippen LogP contribution in [0.2, 0.25) is 5.15 Å². The first-order chi connectivity index (χ1) is 19.1. The number of fused-ring (bicyclic) bond motifs is 3. The summed E-state index contributed by atoms with van der Waals surface area (Å²) >= 11 is 6.34. The summed E-state index contributed by atoms with van der Waals surface area (Å²) in [6, 6.07) is 0. The molecule has 1 aliphatic rings. The molecule has 2 aromatic heterocycles. The minimum absolute atomic E-state index is 0.0292. The van der Waals surface area contributed by atoms with Crippen LogP contribution >= 0.6 is 11.6 Å². The molecule has 0 N–H and O–H groups in total. The molecule has 1 aliphatic heterocycles. The van der Waals surface area contributed by atoms with Crippen LogP contribution in [0.15, 0.2) is 0 Å². The van der Waals surface area contributed by atoms with Gasteiger partial charge in [-0.05, 0) is 16.1 Å². The van der Waals surface area contributed by atoms with Gasteiger partial charge >= 0.3 is 29.8 Å². The smallest absolute Gasteiger partial charge is 0.303 e. The highest BCUT2D eigenvalue weighted by molar-refractivity contribution is 6.32. The summed E-state index contributed by atoms with van der Waals surface area (Å²) in [6.07, 6.45) is -4.94. The van der Waals surface area contributed by atoms with Gasteiger partial charge in [0.2, 0.25) is 11.8 Å². The van der Waals surface area contributed by atoms with Crippen LogP contribution in [-0.2, 0) is 53.2 Å². The largest absolute Gasteiger partial charge is 0.462 e. The van der Waals surface area contributed by atoms with Crippen molar-refractivity contribution in [3.8, 4) is 0 Å².